The first-order valence-corrected chi connectivity index (χ1v) is 9.13. The number of hydrogen-bond acceptors (Lipinski definition) is 5. The predicted octanol–water partition coefficient (Wildman–Crippen LogP) is 4.95. The van der Waals surface area contributed by atoms with Crippen LogP contribution in [0.3, 0.4) is 0 Å². The van der Waals surface area contributed by atoms with Gasteiger partial charge in [0.05, 0.1) is 29.1 Å². The van der Waals surface area contributed by atoms with Gasteiger partial charge in [0.15, 0.2) is 0 Å². The molecule has 0 aliphatic rings. The monoisotopic (exact) mass is 446 g/mol. The maximum atomic E-state index is 13.3. The Balaban J connectivity index is 1.59. The number of amides is 1. The Morgan fingerprint density at radius 2 is 1.91 bits per heavy atom. The molecule has 1 amide bonds. The van der Waals surface area contributed by atoms with Crippen LogP contribution in [0.5, 0.6) is 11.6 Å². The Morgan fingerprint density at radius 3 is 2.66 bits per heavy atom. The van der Waals surface area contributed by atoms with Gasteiger partial charge in [0.1, 0.15) is 17.9 Å². The summed E-state index contributed by atoms with van der Waals surface area (Å²) in [6, 6.07) is 8.91. The molecular formula is C21H14F4N4O3. The molecule has 0 aliphatic heterocycles. The van der Waals surface area contributed by atoms with Crippen molar-refractivity contribution in [2.75, 3.05) is 5.32 Å². The number of aliphatic hydroxyl groups is 1. The average molecular weight is 446 g/mol. The molecule has 164 valence electrons. The molecule has 2 aromatic carbocycles. The van der Waals surface area contributed by atoms with Crippen LogP contribution in [0.1, 0.15) is 11.3 Å². The summed E-state index contributed by atoms with van der Waals surface area (Å²) >= 11 is 0. The molecule has 0 saturated carbocycles. The van der Waals surface area contributed by atoms with Gasteiger partial charge in [-0.15, -0.1) is 0 Å². The van der Waals surface area contributed by atoms with E-state index in [1.807, 2.05) is 0 Å². The van der Waals surface area contributed by atoms with Crippen molar-refractivity contribution in [1.29, 1.82) is 0 Å². The van der Waals surface area contributed by atoms with Gasteiger partial charge in [0.25, 0.3) is 0 Å². The maximum Gasteiger partial charge on any atom is 0.418 e. The van der Waals surface area contributed by atoms with E-state index in [1.165, 1.54) is 18.6 Å². The Bertz CT molecular complexity index is 1300. The number of fused-ring (bicyclic) bond motifs is 1. The van der Waals surface area contributed by atoms with Gasteiger partial charge in [0, 0.05) is 17.6 Å². The normalized spacial score (nSPS) is 11.5. The standard InChI is InChI=1S/C21H14F4N4O3/c22-13-1-3-17(16(8-13)21(23,24)25)28-20(31)29-6-5-12-7-15(2-4-18(12)29)32-19-9-14(10-30)26-11-27-19/h1-9,11,30H,10H2,(H,28,31). The van der Waals surface area contributed by atoms with E-state index >= 15 is 0 Å². The van der Waals surface area contributed by atoms with Crippen molar-refractivity contribution in [3.8, 4) is 11.6 Å². The van der Waals surface area contributed by atoms with E-state index in [0.717, 1.165) is 16.7 Å². The molecule has 4 aromatic rings. The average Bonchev–Trinajstić information content (AvgIpc) is 3.18. The second-order valence-electron chi connectivity index (χ2n) is 6.63. The highest BCUT2D eigenvalue weighted by Crippen LogP contribution is 2.35. The van der Waals surface area contributed by atoms with Crippen LogP contribution in [-0.2, 0) is 12.8 Å². The number of nitrogens with one attached hydrogen (secondary N) is 1. The van der Waals surface area contributed by atoms with E-state index in [2.05, 4.69) is 15.3 Å². The van der Waals surface area contributed by atoms with Crippen LogP contribution in [-0.4, -0.2) is 25.7 Å². The van der Waals surface area contributed by atoms with Gasteiger partial charge >= 0.3 is 12.2 Å². The second kappa shape index (κ2) is 8.27. The molecule has 0 fully saturated rings. The van der Waals surface area contributed by atoms with Crippen LogP contribution < -0.4 is 10.1 Å². The van der Waals surface area contributed by atoms with Gasteiger partial charge < -0.3 is 15.2 Å². The molecule has 0 saturated heterocycles. The van der Waals surface area contributed by atoms with E-state index in [0.29, 0.717) is 28.4 Å². The Hall–Kier alpha value is -3.99. The van der Waals surface area contributed by atoms with Crippen LogP contribution in [0.25, 0.3) is 10.9 Å². The fourth-order valence-electron chi connectivity index (χ4n) is 3.04. The molecule has 2 heterocycles. The fraction of sp³-hybridized carbons (Fsp3) is 0.0952. The number of nitrogens with zero attached hydrogens (tertiary/aromatic N) is 3. The van der Waals surface area contributed by atoms with Crippen molar-refractivity contribution in [3.63, 3.8) is 0 Å². The van der Waals surface area contributed by atoms with Crippen LogP contribution in [0.4, 0.5) is 28.0 Å². The molecule has 0 aliphatic carbocycles. The molecule has 2 N–H and O–H groups in total. The topological polar surface area (TPSA) is 89.3 Å². The van der Waals surface area contributed by atoms with Crippen molar-refractivity contribution in [1.82, 2.24) is 14.5 Å². The number of aromatic nitrogens is 3. The lowest BCUT2D eigenvalue weighted by molar-refractivity contribution is -0.137. The van der Waals surface area contributed by atoms with Gasteiger partial charge in [-0.25, -0.2) is 19.2 Å². The van der Waals surface area contributed by atoms with Crippen molar-refractivity contribution in [3.05, 3.63) is 78.1 Å². The van der Waals surface area contributed by atoms with Gasteiger partial charge in [-0.2, -0.15) is 13.2 Å². The highest BCUT2D eigenvalue weighted by atomic mass is 19.4. The minimum atomic E-state index is -4.84. The summed E-state index contributed by atoms with van der Waals surface area (Å²) < 4.78 is 59.6. The third kappa shape index (κ3) is 4.37. The zero-order valence-corrected chi connectivity index (χ0v) is 16.1. The number of alkyl halides is 3. The molecule has 4 rings (SSSR count). The minimum Gasteiger partial charge on any atom is -0.439 e. The number of aliphatic hydroxyl groups excluding tert-OH is 1. The third-order valence-electron chi connectivity index (χ3n) is 4.49. The second-order valence-corrected chi connectivity index (χ2v) is 6.63. The highest BCUT2D eigenvalue weighted by molar-refractivity contribution is 5.99. The Morgan fingerprint density at radius 1 is 1.09 bits per heavy atom. The number of carbonyl (C=O) groups is 1. The van der Waals surface area contributed by atoms with Crippen molar-refractivity contribution in [2.45, 2.75) is 12.8 Å². The number of benzene rings is 2. The molecule has 7 nitrogen and oxygen atoms in total. The number of carbonyl (C=O) groups excluding carboxylic acids is 1. The summed E-state index contributed by atoms with van der Waals surface area (Å²) in [5, 5.41) is 11.9. The lowest BCUT2D eigenvalue weighted by Crippen LogP contribution is -2.21. The SMILES string of the molecule is O=C(Nc1ccc(F)cc1C(F)(F)F)n1ccc2cc(Oc3cc(CO)ncn3)ccc21. The largest absolute Gasteiger partial charge is 0.439 e. The third-order valence-corrected chi connectivity index (χ3v) is 4.49. The molecule has 0 unspecified atom stereocenters. The first-order chi connectivity index (χ1) is 15.2. The lowest BCUT2D eigenvalue weighted by atomic mass is 10.1. The first-order valence-electron chi connectivity index (χ1n) is 9.13. The zero-order valence-electron chi connectivity index (χ0n) is 16.1. The molecule has 0 spiro atoms. The maximum absolute atomic E-state index is 13.3. The molecule has 0 bridgehead atoms. The van der Waals surface area contributed by atoms with E-state index in [4.69, 9.17) is 9.84 Å². The van der Waals surface area contributed by atoms with Gasteiger partial charge in [-0.05, 0) is 42.5 Å². The van der Waals surface area contributed by atoms with Crippen LogP contribution in [0, 0.1) is 5.82 Å². The van der Waals surface area contributed by atoms with E-state index < -0.39 is 29.3 Å². The molecule has 0 radical (unpaired) electrons. The molecule has 0 atom stereocenters. The van der Waals surface area contributed by atoms with Crippen molar-refractivity contribution < 1.29 is 32.2 Å². The number of rotatable bonds is 4. The summed E-state index contributed by atoms with van der Waals surface area (Å²) in [5.41, 5.74) is -1.07. The Kier molecular flexibility index (Phi) is 5.49. The Labute approximate surface area is 177 Å². The first kappa shape index (κ1) is 21.2. The van der Waals surface area contributed by atoms with E-state index in [-0.39, 0.29) is 12.5 Å². The molecule has 2 aromatic heterocycles. The fourth-order valence-corrected chi connectivity index (χ4v) is 3.04. The number of halogens is 4. The number of hydrogen-bond donors (Lipinski definition) is 2. The van der Waals surface area contributed by atoms with Crippen LogP contribution >= 0.6 is 0 Å². The lowest BCUT2D eigenvalue weighted by Gasteiger charge is -2.14. The van der Waals surface area contributed by atoms with Gasteiger partial charge in [-0.3, -0.25) is 4.57 Å². The van der Waals surface area contributed by atoms with Gasteiger partial charge in [-0.1, -0.05) is 0 Å². The number of ether oxygens (including phenoxy) is 1. The molecule has 32 heavy (non-hydrogen) atoms. The quantitative estimate of drug-likeness (QED) is 0.433. The molecular weight excluding hydrogens is 432 g/mol. The van der Waals surface area contributed by atoms with E-state index in [9.17, 15) is 22.4 Å². The molecule has 11 heteroatoms. The van der Waals surface area contributed by atoms with Crippen LogP contribution in [0.15, 0.2) is 61.1 Å². The summed E-state index contributed by atoms with van der Waals surface area (Å²) in [5.74, 6) is -0.475. The van der Waals surface area contributed by atoms with Crippen LogP contribution in [0.2, 0.25) is 0 Å². The summed E-state index contributed by atoms with van der Waals surface area (Å²) in [6.45, 7) is -0.278. The number of anilines is 1. The summed E-state index contributed by atoms with van der Waals surface area (Å²) in [6.07, 6.45) is -2.22. The van der Waals surface area contributed by atoms with E-state index in [1.54, 1.807) is 24.3 Å². The highest BCUT2D eigenvalue weighted by Gasteiger charge is 2.34. The summed E-state index contributed by atoms with van der Waals surface area (Å²) in [4.78, 5) is 20.4. The predicted molar refractivity (Wildman–Crippen MR) is 106 cm³/mol. The smallest absolute Gasteiger partial charge is 0.418 e. The van der Waals surface area contributed by atoms with Crippen molar-refractivity contribution >= 4 is 22.6 Å². The summed E-state index contributed by atoms with van der Waals surface area (Å²) in [7, 11) is 0. The zero-order chi connectivity index (χ0) is 22.9. The van der Waals surface area contributed by atoms with Gasteiger partial charge in [0.2, 0.25) is 5.88 Å². The minimum absolute atomic E-state index is 0.205. The van der Waals surface area contributed by atoms with Crippen molar-refractivity contribution in [2.24, 2.45) is 0 Å².